The number of hydrogen-bond donors (Lipinski definition) is 0. The minimum Gasteiger partial charge on any atom is -0.295 e. The number of benzene rings is 3. The molecule has 0 unspecified atom stereocenters. The van der Waals surface area contributed by atoms with Crippen molar-refractivity contribution in [3.63, 3.8) is 0 Å². The Morgan fingerprint density at radius 3 is 0.867 bits per heavy atom. The second kappa shape index (κ2) is 27.4. The number of nitrogens with zero attached hydrogens (tertiary/aromatic N) is 7. The molecule has 0 aliphatic carbocycles. The predicted octanol–water partition coefficient (Wildman–Crippen LogP) is 19.2. The summed E-state index contributed by atoms with van der Waals surface area (Å²) in [7, 11) is 0. The number of pyridine rings is 4. The number of aromatic nitrogens is 4. The van der Waals surface area contributed by atoms with Gasteiger partial charge >= 0.3 is 0 Å². The highest BCUT2D eigenvalue weighted by molar-refractivity contribution is 5.85. The summed E-state index contributed by atoms with van der Waals surface area (Å²) in [5.74, 6) is 7.50. The SMILES string of the molecule is CC(C)CCc1cccc(N(c2cc(N(c3cccc(CCC(C)C)c3)c3cccc(CCC(C)C)n3)nc(N(c3cccc(CCC(C)C)c3)c3cccc(CCC(C)C)n3)c2)c2cccc(CCC(C)C)n2)c1. The number of rotatable bonds is 27. The van der Waals surface area contributed by atoms with Gasteiger partial charge in [-0.2, -0.15) is 0 Å². The molecule has 75 heavy (non-hydrogen) atoms. The summed E-state index contributed by atoms with van der Waals surface area (Å²) in [6.45, 7) is 27.6. The Labute approximate surface area is 453 Å². The fraction of sp³-hybridized carbons (Fsp3) is 0.441. The molecule has 0 N–H and O–H groups in total. The third-order valence-corrected chi connectivity index (χ3v) is 14.0. The van der Waals surface area contributed by atoms with Gasteiger partial charge in [0.15, 0.2) is 0 Å². The van der Waals surface area contributed by atoms with Gasteiger partial charge < -0.3 is 0 Å². The van der Waals surface area contributed by atoms with Crippen molar-refractivity contribution in [1.82, 2.24) is 19.9 Å². The molecule has 0 bridgehead atoms. The average Bonchev–Trinajstić information content (AvgIpc) is 3.38. The Balaban J connectivity index is 1.57. The molecule has 0 spiro atoms. The van der Waals surface area contributed by atoms with Gasteiger partial charge in [-0.3, -0.25) is 14.7 Å². The second-order valence-electron chi connectivity index (χ2n) is 23.6. The van der Waals surface area contributed by atoms with Crippen LogP contribution in [0.1, 0.15) is 155 Å². The van der Waals surface area contributed by atoms with Gasteiger partial charge in [0.25, 0.3) is 0 Å². The van der Waals surface area contributed by atoms with Crippen LogP contribution in [0.3, 0.4) is 0 Å². The summed E-state index contributed by atoms with van der Waals surface area (Å²) in [4.78, 5) is 29.3. The standard InChI is InChI=1S/C68H89N7/c1-48(2)31-37-54-19-13-25-60(43-54)73(64-28-16-22-57(69-64)40-34-51(7)8)63-46-67(74(61-26-14-20-55(44-61)38-32-49(3)4)65-29-17-23-58(70-65)41-35-52(9)10)72-68(47-63)75(62-27-15-21-56(45-62)39-33-50(5)6)66-30-18-24-59(71-66)42-36-53(11)12/h13-30,43-53H,31-42H2,1-12H3. The lowest BCUT2D eigenvalue weighted by Gasteiger charge is -2.31. The monoisotopic (exact) mass is 1000 g/mol. The molecule has 0 radical (unpaired) electrons. The maximum Gasteiger partial charge on any atom is 0.143 e. The zero-order chi connectivity index (χ0) is 53.4. The average molecular weight is 1000 g/mol. The molecule has 0 fully saturated rings. The van der Waals surface area contributed by atoms with E-state index in [2.05, 4.69) is 237 Å². The number of hydrogen-bond acceptors (Lipinski definition) is 7. The predicted molar refractivity (Wildman–Crippen MR) is 321 cm³/mol. The molecule has 0 aliphatic rings. The van der Waals surface area contributed by atoms with E-state index in [4.69, 9.17) is 19.9 Å². The summed E-state index contributed by atoms with van der Waals surface area (Å²) >= 11 is 0. The van der Waals surface area contributed by atoms with Crippen molar-refractivity contribution in [3.05, 3.63) is 173 Å². The van der Waals surface area contributed by atoms with E-state index in [1.54, 1.807) is 0 Å². The lowest BCUT2D eigenvalue weighted by molar-refractivity contribution is 0.581. The summed E-state index contributed by atoms with van der Waals surface area (Å²) in [6.07, 6.45) is 12.2. The van der Waals surface area contributed by atoms with E-state index >= 15 is 0 Å². The van der Waals surface area contributed by atoms with E-state index < -0.39 is 0 Å². The first-order valence-electron chi connectivity index (χ1n) is 28.7. The van der Waals surface area contributed by atoms with Crippen molar-refractivity contribution >= 4 is 51.8 Å². The first kappa shape index (κ1) is 56.4. The molecule has 0 amide bonds. The molecule has 3 aromatic carbocycles. The lowest BCUT2D eigenvalue weighted by Crippen LogP contribution is -2.20. The highest BCUT2D eigenvalue weighted by atomic mass is 15.3. The van der Waals surface area contributed by atoms with Gasteiger partial charge in [0.1, 0.15) is 29.1 Å². The summed E-state index contributed by atoms with van der Waals surface area (Å²) < 4.78 is 0. The van der Waals surface area contributed by atoms with Gasteiger partial charge in [-0.1, -0.05) is 138 Å². The van der Waals surface area contributed by atoms with Crippen LogP contribution in [0.15, 0.2) is 140 Å². The minimum absolute atomic E-state index is 0.560. The maximum atomic E-state index is 5.88. The van der Waals surface area contributed by atoms with Crippen LogP contribution in [0, 0.1) is 35.5 Å². The van der Waals surface area contributed by atoms with Crippen molar-refractivity contribution in [3.8, 4) is 0 Å². The van der Waals surface area contributed by atoms with Crippen LogP contribution in [-0.4, -0.2) is 19.9 Å². The van der Waals surface area contributed by atoms with Gasteiger partial charge in [-0.25, -0.2) is 19.9 Å². The Hall–Kier alpha value is -6.34. The topological polar surface area (TPSA) is 61.3 Å². The first-order valence-corrected chi connectivity index (χ1v) is 28.7. The lowest BCUT2D eigenvalue weighted by atomic mass is 10.0. The van der Waals surface area contributed by atoms with Crippen LogP contribution in [-0.2, 0) is 38.5 Å². The second-order valence-corrected chi connectivity index (χ2v) is 23.6. The summed E-state index contributed by atoms with van der Waals surface area (Å²) in [5.41, 5.74) is 11.2. The molecule has 7 nitrogen and oxygen atoms in total. The third kappa shape index (κ3) is 16.8. The molecule has 0 saturated carbocycles. The van der Waals surface area contributed by atoms with Crippen molar-refractivity contribution < 1.29 is 0 Å². The van der Waals surface area contributed by atoms with E-state index in [-0.39, 0.29) is 0 Å². The van der Waals surface area contributed by atoms with Gasteiger partial charge in [-0.05, 0) is 202 Å². The molecule has 7 aromatic rings. The normalized spacial score (nSPS) is 11.8. The molecular weight excluding hydrogens is 915 g/mol. The minimum atomic E-state index is 0.560. The zero-order valence-corrected chi connectivity index (χ0v) is 47.9. The van der Waals surface area contributed by atoms with E-state index in [1.165, 1.54) is 16.7 Å². The Morgan fingerprint density at radius 1 is 0.267 bits per heavy atom. The Morgan fingerprint density at radius 2 is 0.547 bits per heavy atom. The molecule has 0 aliphatic heterocycles. The van der Waals surface area contributed by atoms with Crippen LogP contribution >= 0.6 is 0 Å². The van der Waals surface area contributed by atoms with E-state index in [1.807, 2.05) is 0 Å². The van der Waals surface area contributed by atoms with Crippen LogP contribution in [0.5, 0.6) is 0 Å². The summed E-state index contributed by atoms with van der Waals surface area (Å²) in [6, 6.07) is 51.3. The zero-order valence-electron chi connectivity index (χ0n) is 47.9. The van der Waals surface area contributed by atoms with Gasteiger partial charge in [-0.15, -0.1) is 0 Å². The number of aryl methyl sites for hydroxylation is 6. The fourth-order valence-corrected chi connectivity index (χ4v) is 9.44. The highest BCUT2D eigenvalue weighted by Gasteiger charge is 2.26. The Kier molecular flexibility index (Phi) is 20.6. The largest absolute Gasteiger partial charge is 0.295 e. The van der Waals surface area contributed by atoms with E-state index in [9.17, 15) is 0 Å². The molecule has 396 valence electrons. The Bertz CT molecular complexity index is 2370. The fourth-order valence-electron chi connectivity index (χ4n) is 9.44. The van der Waals surface area contributed by atoms with E-state index in [0.717, 1.165) is 146 Å². The van der Waals surface area contributed by atoms with Crippen LogP contribution in [0.2, 0.25) is 0 Å². The molecule has 4 aromatic heterocycles. The number of anilines is 9. The van der Waals surface area contributed by atoms with Crippen molar-refractivity contribution in [2.75, 3.05) is 14.7 Å². The molecule has 0 saturated heterocycles. The summed E-state index contributed by atoms with van der Waals surface area (Å²) in [5, 5.41) is 0. The van der Waals surface area contributed by atoms with E-state index in [0.29, 0.717) is 35.5 Å². The quantitative estimate of drug-likeness (QED) is 0.0509. The van der Waals surface area contributed by atoms with Crippen molar-refractivity contribution in [2.45, 2.75) is 160 Å². The first-order chi connectivity index (χ1) is 36.1. The van der Waals surface area contributed by atoms with Crippen molar-refractivity contribution in [1.29, 1.82) is 0 Å². The third-order valence-electron chi connectivity index (χ3n) is 14.0. The van der Waals surface area contributed by atoms with Crippen LogP contribution in [0.4, 0.5) is 51.8 Å². The van der Waals surface area contributed by atoms with Crippen LogP contribution in [0.25, 0.3) is 0 Å². The van der Waals surface area contributed by atoms with Gasteiger partial charge in [0.2, 0.25) is 0 Å². The molecule has 7 rings (SSSR count). The molecular formula is C68H89N7. The van der Waals surface area contributed by atoms with Gasteiger partial charge in [0.05, 0.1) is 5.69 Å². The molecule has 7 heteroatoms. The van der Waals surface area contributed by atoms with Crippen molar-refractivity contribution in [2.24, 2.45) is 35.5 Å². The van der Waals surface area contributed by atoms with Crippen LogP contribution < -0.4 is 14.7 Å². The smallest absolute Gasteiger partial charge is 0.143 e. The molecule has 4 heterocycles. The highest BCUT2D eigenvalue weighted by Crippen LogP contribution is 2.44. The van der Waals surface area contributed by atoms with Gasteiger partial charge in [0, 0.05) is 46.3 Å². The maximum absolute atomic E-state index is 5.88. The molecule has 0 atom stereocenters.